The summed E-state index contributed by atoms with van der Waals surface area (Å²) in [4.78, 5) is 30.2. The van der Waals surface area contributed by atoms with Crippen LogP contribution in [0.5, 0.6) is 0 Å². The summed E-state index contributed by atoms with van der Waals surface area (Å²) in [6, 6.07) is 9.04. The molecule has 2 saturated heterocycles. The average molecular weight is 545 g/mol. The molecule has 3 saturated carbocycles. The quantitative estimate of drug-likeness (QED) is 0.506. The third-order valence-electron chi connectivity index (χ3n) is 11.5. The van der Waals surface area contributed by atoms with Gasteiger partial charge in [0.25, 0.3) is 5.91 Å². The van der Waals surface area contributed by atoms with E-state index in [1.165, 1.54) is 56.1 Å². The number of hydrogen-bond donors (Lipinski definition) is 1. The predicted octanol–water partition coefficient (Wildman–Crippen LogP) is 5.40. The summed E-state index contributed by atoms with van der Waals surface area (Å²) in [7, 11) is 0. The minimum atomic E-state index is -0.0878. The number of hydrogen-bond acceptors (Lipinski definition) is 4. The molecule has 0 radical (unpaired) electrons. The fourth-order valence-corrected chi connectivity index (χ4v) is 8.30. The van der Waals surface area contributed by atoms with E-state index in [0.717, 1.165) is 19.5 Å². The highest BCUT2D eigenvalue weighted by molar-refractivity contribution is 5.94. The van der Waals surface area contributed by atoms with Gasteiger partial charge in [0.2, 0.25) is 5.91 Å². The smallest absolute Gasteiger partial charge is 0.257 e. The number of nitrogens with one attached hydrogen (secondary N) is 1. The van der Waals surface area contributed by atoms with E-state index in [2.05, 4.69) is 48.3 Å². The van der Waals surface area contributed by atoms with Crippen LogP contribution in [0.3, 0.4) is 0 Å². The Balaban J connectivity index is 0.982. The molecule has 1 N–H and O–H groups in total. The monoisotopic (exact) mass is 544 g/mol. The molecule has 1 unspecified atom stereocenters. The second kappa shape index (κ2) is 9.71. The summed E-state index contributed by atoms with van der Waals surface area (Å²) in [6.45, 7) is 8.31. The van der Waals surface area contributed by atoms with Gasteiger partial charge in [0.15, 0.2) is 0 Å². The van der Waals surface area contributed by atoms with Crippen LogP contribution in [0.25, 0.3) is 0 Å². The summed E-state index contributed by atoms with van der Waals surface area (Å²) in [5.74, 6) is 1.34. The molecule has 3 heterocycles. The summed E-state index contributed by atoms with van der Waals surface area (Å²) < 4.78 is 6.38. The lowest BCUT2D eigenvalue weighted by molar-refractivity contribution is -0.148. The van der Waals surface area contributed by atoms with Gasteiger partial charge in [-0.2, -0.15) is 5.10 Å². The molecule has 2 spiro atoms. The Bertz CT molecular complexity index is 1250. The van der Waals surface area contributed by atoms with E-state index in [1.54, 1.807) is 12.4 Å². The zero-order valence-electron chi connectivity index (χ0n) is 24.2. The Morgan fingerprint density at radius 3 is 2.48 bits per heavy atom. The number of ether oxygens (including phenoxy) is 1. The van der Waals surface area contributed by atoms with Crippen LogP contribution in [-0.2, 0) is 16.1 Å². The van der Waals surface area contributed by atoms with E-state index in [4.69, 9.17) is 4.74 Å². The van der Waals surface area contributed by atoms with Crippen LogP contribution in [0, 0.1) is 28.1 Å². The van der Waals surface area contributed by atoms with E-state index in [1.807, 2.05) is 9.80 Å². The largest absolute Gasteiger partial charge is 0.376 e. The maximum atomic E-state index is 13.2. The lowest BCUT2D eigenvalue weighted by atomic mass is 9.58. The van der Waals surface area contributed by atoms with E-state index >= 15 is 0 Å². The van der Waals surface area contributed by atoms with Crippen molar-refractivity contribution >= 4 is 11.8 Å². The van der Waals surface area contributed by atoms with Crippen LogP contribution in [-0.4, -0.2) is 64.6 Å². The van der Waals surface area contributed by atoms with Crippen molar-refractivity contribution in [1.29, 1.82) is 0 Å². The summed E-state index contributed by atoms with van der Waals surface area (Å²) in [5, 5.41) is 6.73. The van der Waals surface area contributed by atoms with Gasteiger partial charge < -0.3 is 14.5 Å². The molecule has 3 aliphatic carbocycles. The molecule has 7 nitrogen and oxygen atoms in total. The molecule has 5 aliphatic rings. The first-order chi connectivity index (χ1) is 19.3. The molecule has 40 heavy (non-hydrogen) atoms. The van der Waals surface area contributed by atoms with Gasteiger partial charge in [0, 0.05) is 49.6 Å². The van der Waals surface area contributed by atoms with Crippen molar-refractivity contribution in [1.82, 2.24) is 20.0 Å². The Hall–Kier alpha value is -2.67. The Kier molecular flexibility index (Phi) is 6.37. The number of H-pyrrole nitrogens is 1. The molecule has 214 valence electrons. The molecule has 2 atom stereocenters. The number of rotatable bonds is 7. The van der Waals surface area contributed by atoms with Crippen LogP contribution in [0.1, 0.15) is 92.6 Å². The van der Waals surface area contributed by atoms with E-state index in [-0.39, 0.29) is 34.5 Å². The Morgan fingerprint density at radius 2 is 1.82 bits per heavy atom. The van der Waals surface area contributed by atoms with Crippen LogP contribution in [0.2, 0.25) is 0 Å². The highest BCUT2D eigenvalue weighted by Crippen LogP contribution is 2.55. The first-order valence-electron chi connectivity index (χ1n) is 15.5. The van der Waals surface area contributed by atoms with E-state index in [0.29, 0.717) is 43.2 Å². The topological polar surface area (TPSA) is 78.5 Å². The van der Waals surface area contributed by atoms with Crippen molar-refractivity contribution in [2.75, 3.05) is 32.8 Å². The van der Waals surface area contributed by atoms with Crippen molar-refractivity contribution in [2.24, 2.45) is 28.1 Å². The fourth-order valence-electron chi connectivity index (χ4n) is 8.30. The van der Waals surface area contributed by atoms with Gasteiger partial charge in [-0.3, -0.25) is 14.7 Å². The van der Waals surface area contributed by atoms with Gasteiger partial charge in [0.05, 0.1) is 25.0 Å². The van der Waals surface area contributed by atoms with Gasteiger partial charge >= 0.3 is 0 Å². The highest BCUT2D eigenvalue weighted by Gasteiger charge is 2.60. The van der Waals surface area contributed by atoms with E-state index in [9.17, 15) is 9.59 Å². The number of benzene rings is 1. The maximum absolute atomic E-state index is 13.2. The predicted molar refractivity (Wildman–Crippen MR) is 152 cm³/mol. The van der Waals surface area contributed by atoms with Gasteiger partial charge in [-0.15, -0.1) is 0 Å². The van der Waals surface area contributed by atoms with Crippen LogP contribution in [0.15, 0.2) is 36.7 Å². The zero-order chi connectivity index (χ0) is 27.5. The first kappa shape index (κ1) is 26.2. The number of amides is 2. The molecule has 7 heteroatoms. The Morgan fingerprint density at radius 1 is 1.07 bits per heavy atom. The normalized spacial score (nSPS) is 27.9. The number of carbonyl (C=O) groups excluding carboxylic acids is 2. The van der Waals surface area contributed by atoms with E-state index < -0.39 is 0 Å². The van der Waals surface area contributed by atoms with Crippen LogP contribution >= 0.6 is 0 Å². The fraction of sp³-hybridized carbons (Fsp3) is 0.667. The second-order valence-corrected chi connectivity index (χ2v) is 14.6. The van der Waals surface area contributed by atoms with Gasteiger partial charge in [-0.05, 0) is 72.8 Å². The molecule has 7 rings (SSSR count). The van der Waals surface area contributed by atoms with Crippen LogP contribution < -0.4 is 0 Å². The molecule has 1 aromatic heterocycles. The number of likely N-dealkylation sites (tertiary alicyclic amines) is 2. The van der Waals surface area contributed by atoms with Crippen molar-refractivity contribution < 1.29 is 14.3 Å². The SMILES string of the molecule is CC1(C)C[C@@H]1C(=O)N1CC2(CN(C(=O)c3cn[nH]c3)CC2COCc2cccc(C3CCC4(CCC4)CC3)c2)C1. The molecular formula is C33H44N4O3. The van der Waals surface area contributed by atoms with Crippen molar-refractivity contribution in [2.45, 2.75) is 77.7 Å². The molecule has 5 fully saturated rings. The van der Waals surface area contributed by atoms with Crippen molar-refractivity contribution in [3.05, 3.63) is 53.3 Å². The molecular weight excluding hydrogens is 500 g/mol. The van der Waals surface area contributed by atoms with Gasteiger partial charge in [-0.1, -0.05) is 44.5 Å². The number of carbonyl (C=O) groups is 2. The highest BCUT2D eigenvalue weighted by atomic mass is 16.5. The number of aromatic nitrogens is 2. The summed E-state index contributed by atoms with van der Waals surface area (Å²) in [5.41, 5.74) is 4.03. The first-order valence-corrected chi connectivity index (χ1v) is 15.5. The average Bonchev–Trinajstić information content (AvgIpc) is 3.28. The lowest BCUT2D eigenvalue weighted by Crippen LogP contribution is -2.63. The zero-order valence-corrected chi connectivity index (χ0v) is 24.2. The molecule has 0 bridgehead atoms. The van der Waals surface area contributed by atoms with Gasteiger partial charge in [0.1, 0.15) is 0 Å². The molecule has 2 aliphatic heterocycles. The summed E-state index contributed by atoms with van der Waals surface area (Å²) >= 11 is 0. The number of aromatic amines is 1. The van der Waals surface area contributed by atoms with Crippen molar-refractivity contribution in [3.63, 3.8) is 0 Å². The third-order valence-corrected chi connectivity index (χ3v) is 11.5. The summed E-state index contributed by atoms with van der Waals surface area (Å²) in [6.07, 6.45) is 14.0. The standard InChI is InChI=1S/C33H44N4O3/c1-31(2)14-28(31)30(39)37-21-33(22-37)20-36(29(38)26-15-34-35-16-26)17-27(33)19-40-18-23-5-3-6-25(13-23)24-7-11-32(12-8-24)9-4-10-32/h3,5-6,13,15-16,24,27-28H,4,7-12,14,17-22H2,1-2H3,(H,34,35)/t27?,28-/m1/s1. The lowest BCUT2D eigenvalue weighted by Gasteiger charge is -2.51. The minimum absolute atomic E-state index is 0.00703. The second-order valence-electron chi connectivity index (χ2n) is 14.6. The third kappa shape index (κ3) is 4.68. The molecule has 2 aromatic rings. The molecule has 1 aromatic carbocycles. The number of nitrogens with zero attached hydrogens (tertiary/aromatic N) is 3. The Labute approximate surface area is 238 Å². The minimum Gasteiger partial charge on any atom is -0.376 e. The molecule has 2 amide bonds. The van der Waals surface area contributed by atoms with Gasteiger partial charge in [-0.25, -0.2) is 0 Å². The van der Waals surface area contributed by atoms with Crippen molar-refractivity contribution in [3.8, 4) is 0 Å². The maximum Gasteiger partial charge on any atom is 0.257 e. The van der Waals surface area contributed by atoms with Crippen LogP contribution in [0.4, 0.5) is 0 Å².